The Kier molecular flexibility index (Phi) is 7.10. The molecule has 1 aliphatic heterocycles. The van der Waals surface area contributed by atoms with E-state index in [9.17, 15) is 9.59 Å². The Labute approximate surface area is 150 Å². The summed E-state index contributed by atoms with van der Waals surface area (Å²) in [4.78, 5) is 27.3. The van der Waals surface area contributed by atoms with Crippen LogP contribution in [0.4, 0.5) is 0 Å². The van der Waals surface area contributed by atoms with Gasteiger partial charge in [0, 0.05) is 6.54 Å². The van der Waals surface area contributed by atoms with Crippen molar-refractivity contribution in [2.24, 2.45) is 5.92 Å². The minimum Gasteiger partial charge on any atom is -0.343 e. The molecule has 1 aliphatic carbocycles. The number of hydrogen-bond acceptors (Lipinski definition) is 4. The summed E-state index contributed by atoms with van der Waals surface area (Å²) in [7, 11) is 1.74. The molecule has 2 amide bonds. The molecule has 1 unspecified atom stereocenters. The number of carbonyl (C=O) groups excluding carboxylic acids is 2. The SMILES string of the molecule is CN[C@@H](C)C(=O)NC(C(=O)N1CCC[C@H]1C(=N)S)C1CCCCC1. The molecule has 1 saturated heterocycles. The van der Waals surface area contributed by atoms with Crippen LogP contribution in [0.1, 0.15) is 51.9 Å². The van der Waals surface area contributed by atoms with Gasteiger partial charge >= 0.3 is 0 Å². The van der Waals surface area contributed by atoms with Gasteiger partial charge in [0.05, 0.1) is 17.1 Å². The van der Waals surface area contributed by atoms with E-state index in [-0.39, 0.29) is 34.9 Å². The monoisotopic (exact) mass is 354 g/mol. The summed E-state index contributed by atoms with van der Waals surface area (Å²) in [6, 6.07) is -1.05. The normalized spacial score (nSPS) is 24.5. The molecule has 0 radical (unpaired) electrons. The third kappa shape index (κ3) is 4.51. The van der Waals surface area contributed by atoms with E-state index in [4.69, 9.17) is 5.41 Å². The molecule has 7 heteroatoms. The van der Waals surface area contributed by atoms with Gasteiger partial charge in [-0.05, 0) is 45.6 Å². The van der Waals surface area contributed by atoms with Crippen LogP contribution < -0.4 is 10.6 Å². The quantitative estimate of drug-likeness (QED) is 0.332. The minimum atomic E-state index is -0.484. The Morgan fingerprint density at radius 2 is 1.83 bits per heavy atom. The second-order valence-corrected chi connectivity index (χ2v) is 7.45. The molecule has 1 heterocycles. The number of likely N-dealkylation sites (tertiary alicyclic amines) is 1. The Morgan fingerprint density at radius 3 is 2.42 bits per heavy atom. The summed E-state index contributed by atoms with van der Waals surface area (Å²) in [6.07, 6.45) is 7.04. The van der Waals surface area contributed by atoms with Crippen molar-refractivity contribution in [2.45, 2.75) is 70.0 Å². The Balaban J connectivity index is 2.15. The molecule has 0 bridgehead atoms. The van der Waals surface area contributed by atoms with Gasteiger partial charge in [0.1, 0.15) is 6.04 Å². The molecule has 0 aromatic rings. The predicted molar refractivity (Wildman–Crippen MR) is 98.5 cm³/mol. The lowest BCUT2D eigenvalue weighted by Crippen LogP contribution is -2.57. The average Bonchev–Trinajstić information content (AvgIpc) is 3.09. The lowest BCUT2D eigenvalue weighted by Gasteiger charge is -2.35. The standard InChI is InChI=1S/C17H30N4O2S/c1-11(19-2)16(22)20-14(12-7-4-3-5-8-12)17(23)21-10-6-9-13(21)15(18)24/h11-14,19H,3-10H2,1-2H3,(H2,18,24)(H,20,22)/t11-,13-,14?/m0/s1. The molecular weight excluding hydrogens is 324 g/mol. The van der Waals surface area contributed by atoms with Crippen LogP contribution in [0.2, 0.25) is 0 Å². The third-order valence-electron chi connectivity index (χ3n) is 5.36. The smallest absolute Gasteiger partial charge is 0.246 e. The second kappa shape index (κ2) is 8.85. The number of carbonyl (C=O) groups is 2. The van der Waals surface area contributed by atoms with E-state index >= 15 is 0 Å². The van der Waals surface area contributed by atoms with E-state index in [0.29, 0.717) is 6.54 Å². The molecule has 0 aromatic carbocycles. The number of likely N-dealkylation sites (N-methyl/N-ethyl adjacent to an activating group) is 1. The van der Waals surface area contributed by atoms with E-state index in [1.807, 2.05) is 0 Å². The number of thiol groups is 1. The van der Waals surface area contributed by atoms with Crippen molar-refractivity contribution in [1.29, 1.82) is 5.41 Å². The molecule has 2 aliphatic rings. The first-order valence-electron chi connectivity index (χ1n) is 9.01. The maximum absolute atomic E-state index is 13.2. The molecule has 136 valence electrons. The highest BCUT2D eigenvalue weighted by molar-refractivity contribution is 7.97. The first-order chi connectivity index (χ1) is 11.5. The van der Waals surface area contributed by atoms with E-state index in [1.165, 1.54) is 6.42 Å². The average molecular weight is 355 g/mol. The van der Waals surface area contributed by atoms with E-state index in [1.54, 1.807) is 18.9 Å². The van der Waals surface area contributed by atoms with Crippen molar-refractivity contribution < 1.29 is 9.59 Å². The maximum atomic E-state index is 13.2. The van der Waals surface area contributed by atoms with Gasteiger partial charge in [0.15, 0.2) is 0 Å². The lowest BCUT2D eigenvalue weighted by atomic mass is 9.83. The number of nitrogens with zero attached hydrogens (tertiary/aromatic N) is 1. The Morgan fingerprint density at radius 1 is 1.17 bits per heavy atom. The van der Waals surface area contributed by atoms with Crippen LogP contribution in [-0.2, 0) is 9.59 Å². The van der Waals surface area contributed by atoms with Gasteiger partial charge in [-0.3, -0.25) is 15.0 Å². The fourth-order valence-corrected chi connectivity index (χ4v) is 4.02. The zero-order valence-corrected chi connectivity index (χ0v) is 15.6. The van der Waals surface area contributed by atoms with Crippen LogP contribution in [0.15, 0.2) is 0 Å². The highest BCUT2D eigenvalue weighted by atomic mass is 32.1. The van der Waals surface area contributed by atoms with Crippen molar-refractivity contribution >= 4 is 29.5 Å². The molecular formula is C17H30N4O2S. The van der Waals surface area contributed by atoms with Crippen molar-refractivity contribution in [3.8, 4) is 0 Å². The first kappa shape index (κ1) is 19.2. The van der Waals surface area contributed by atoms with Crippen molar-refractivity contribution in [3.63, 3.8) is 0 Å². The zero-order valence-electron chi connectivity index (χ0n) is 14.7. The summed E-state index contributed by atoms with van der Waals surface area (Å²) >= 11 is 4.15. The van der Waals surface area contributed by atoms with Crippen LogP contribution in [0.5, 0.6) is 0 Å². The van der Waals surface area contributed by atoms with Gasteiger partial charge in [-0.2, -0.15) is 0 Å². The summed E-state index contributed by atoms with van der Waals surface area (Å²) < 4.78 is 0. The predicted octanol–water partition coefficient (Wildman–Crippen LogP) is 1.56. The topological polar surface area (TPSA) is 85.3 Å². The summed E-state index contributed by atoms with van der Waals surface area (Å²) in [5.41, 5.74) is 0. The van der Waals surface area contributed by atoms with E-state index in [2.05, 4.69) is 23.3 Å². The largest absolute Gasteiger partial charge is 0.343 e. The fraction of sp³-hybridized carbons (Fsp3) is 0.824. The Hall–Kier alpha value is -1.08. The minimum absolute atomic E-state index is 0.0418. The van der Waals surface area contributed by atoms with Crippen LogP contribution in [0, 0.1) is 11.3 Å². The van der Waals surface area contributed by atoms with Gasteiger partial charge in [0.25, 0.3) is 0 Å². The van der Waals surface area contributed by atoms with Gasteiger partial charge in [-0.25, -0.2) is 0 Å². The van der Waals surface area contributed by atoms with Crippen LogP contribution in [-0.4, -0.2) is 53.5 Å². The van der Waals surface area contributed by atoms with Crippen molar-refractivity contribution in [3.05, 3.63) is 0 Å². The zero-order chi connectivity index (χ0) is 17.7. The van der Waals surface area contributed by atoms with Crippen LogP contribution in [0.25, 0.3) is 0 Å². The van der Waals surface area contributed by atoms with Crippen molar-refractivity contribution in [2.75, 3.05) is 13.6 Å². The summed E-state index contributed by atoms with van der Waals surface area (Å²) in [6.45, 7) is 2.44. The van der Waals surface area contributed by atoms with Crippen LogP contribution >= 0.6 is 12.6 Å². The fourth-order valence-electron chi connectivity index (χ4n) is 3.75. The second-order valence-electron chi connectivity index (χ2n) is 6.97. The molecule has 1 saturated carbocycles. The molecule has 0 aromatic heterocycles. The maximum Gasteiger partial charge on any atom is 0.246 e. The highest BCUT2D eigenvalue weighted by Crippen LogP contribution is 2.29. The molecule has 3 N–H and O–H groups in total. The molecule has 2 fully saturated rings. The first-order valence-corrected chi connectivity index (χ1v) is 9.46. The van der Waals surface area contributed by atoms with E-state index in [0.717, 1.165) is 38.5 Å². The van der Waals surface area contributed by atoms with Crippen LogP contribution in [0.3, 0.4) is 0 Å². The molecule has 3 atom stereocenters. The number of rotatable bonds is 6. The van der Waals surface area contributed by atoms with Gasteiger partial charge in [-0.15, -0.1) is 12.6 Å². The Bertz CT molecular complexity index is 479. The number of nitrogens with one attached hydrogen (secondary N) is 3. The summed E-state index contributed by atoms with van der Waals surface area (Å²) in [5, 5.41) is 14.0. The van der Waals surface area contributed by atoms with Gasteiger partial charge in [0.2, 0.25) is 11.8 Å². The molecule has 0 spiro atoms. The number of hydrogen-bond donors (Lipinski definition) is 4. The van der Waals surface area contributed by atoms with Crippen molar-refractivity contribution in [1.82, 2.24) is 15.5 Å². The van der Waals surface area contributed by atoms with Gasteiger partial charge < -0.3 is 15.5 Å². The lowest BCUT2D eigenvalue weighted by molar-refractivity contribution is -0.138. The summed E-state index contributed by atoms with van der Waals surface area (Å²) in [5.74, 6) is 0.00702. The third-order valence-corrected chi connectivity index (χ3v) is 5.66. The van der Waals surface area contributed by atoms with E-state index < -0.39 is 6.04 Å². The highest BCUT2D eigenvalue weighted by Gasteiger charge is 2.39. The number of amides is 2. The molecule has 6 nitrogen and oxygen atoms in total. The molecule has 2 rings (SSSR count). The molecule has 24 heavy (non-hydrogen) atoms. The van der Waals surface area contributed by atoms with Gasteiger partial charge in [-0.1, -0.05) is 19.3 Å².